The largest absolute Gasteiger partial charge is 0.573 e. The SMILES string of the molecule is CC(CNC(C)C)COc1ccc(OC(F)(F)F)c(Br)c1. The first kappa shape index (κ1) is 18.1. The van der Waals surface area contributed by atoms with Crippen LogP contribution in [0.1, 0.15) is 20.8 Å². The van der Waals surface area contributed by atoms with Crippen molar-refractivity contribution in [1.29, 1.82) is 0 Å². The van der Waals surface area contributed by atoms with Crippen LogP contribution in [-0.4, -0.2) is 25.6 Å². The third-order valence-corrected chi connectivity index (χ3v) is 3.16. The molecule has 0 saturated heterocycles. The van der Waals surface area contributed by atoms with Crippen LogP contribution in [-0.2, 0) is 0 Å². The summed E-state index contributed by atoms with van der Waals surface area (Å²) in [6.07, 6.45) is -4.71. The highest BCUT2D eigenvalue weighted by Crippen LogP contribution is 2.33. The molecule has 0 radical (unpaired) electrons. The summed E-state index contributed by atoms with van der Waals surface area (Å²) in [4.78, 5) is 0. The van der Waals surface area contributed by atoms with E-state index in [2.05, 4.69) is 39.8 Å². The van der Waals surface area contributed by atoms with E-state index in [1.165, 1.54) is 18.2 Å². The van der Waals surface area contributed by atoms with Gasteiger partial charge in [-0.3, -0.25) is 0 Å². The molecule has 1 unspecified atom stereocenters. The van der Waals surface area contributed by atoms with E-state index in [0.29, 0.717) is 18.4 Å². The fourth-order valence-corrected chi connectivity index (χ4v) is 1.95. The van der Waals surface area contributed by atoms with E-state index in [9.17, 15) is 13.2 Å². The summed E-state index contributed by atoms with van der Waals surface area (Å²) < 4.78 is 46.1. The van der Waals surface area contributed by atoms with Gasteiger partial charge in [-0.25, -0.2) is 0 Å². The highest BCUT2D eigenvalue weighted by atomic mass is 79.9. The summed E-state index contributed by atoms with van der Waals surface area (Å²) in [6.45, 7) is 7.44. The van der Waals surface area contributed by atoms with E-state index >= 15 is 0 Å². The number of hydrogen-bond acceptors (Lipinski definition) is 3. The van der Waals surface area contributed by atoms with Crippen LogP contribution < -0.4 is 14.8 Å². The third kappa shape index (κ3) is 7.57. The standard InChI is InChI=1S/C14H19BrF3NO2/c1-9(2)19-7-10(3)8-20-11-4-5-13(12(15)6-11)21-14(16,17)18/h4-6,9-10,19H,7-8H2,1-3H3. The number of nitrogens with one attached hydrogen (secondary N) is 1. The van der Waals surface area contributed by atoms with Gasteiger partial charge in [0.05, 0.1) is 11.1 Å². The molecule has 1 N–H and O–H groups in total. The molecule has 0 saturated carbocycles. The fourth-order valence-electron chi connectivity index (χ4n) is 1.51. The number of benzene rings is 1. The van der Waals surface area contributed by atoms with Gasteiger partial charge in [-0.2, -0.15) is 0 Å². The molecule has 0 bridgehead atoms. The average Bonchev–Trinajstić information content (AvgIpc) is 2.35. The van der Waals surface area contributed by atoms with Crippen molar-refractivity contribution in [2.75, 3.05) is 13.2 Å². The van der Waals surface area contributed by atoms with Crippen molar-refractivity contribution >= 4 is 15.9 Å². The maximum absolute atomic E-state index is 12.1. The molecule has 0 amide bonds. The Balaban J connectivity index is 2.52. The van der Waals surface area contributed by atoms with Crippen LogP contribution in [0.4, 0.5) is 13.2 Å². The normalized spacial score (nSPS) is 13.3. The van der Waals surface area contributed by atoms with Gasteiger partial charge >= 0.3 is 6.36 Å². The van der Waals surface area contributed by atoms with E-state index in [1.54, 1.807) is 0 Å². The summed E-state index contributed by atoms with van der Waals surface area (Å²) in [7, 11) is 0. The molecule has 0 aliphatic carbocycles. The highest BCUT2D eigenvalue weighted by molar-refractivity contribution is 9.10. The van der Waals surface area contributed by atoms with Crippen LogP contribution in [0.2, 0.25) is 0 Å². The van der Waals surface area contributed by atoms with Crippen molar-refractivity contribution in [3.63, 3.8) is 0 Å². The van der Waals surface area contributed by atoms with Crippen molar-refractivity contribution in [3.8, 4) is 11.5 Å². The van der Waals surface area contributed by atoms with Crippen molar-refractivity contribution in [3.05, 3.63) is 22.7 Å². The van der Waals surface area contributed by atoms with Crippen LogP contribution in [0.5, 0.6) is 11.5 Å². The van der Waals surface area contributed by atoms with Gasteiger partial charge in [-0.1, -0.05) is 20.8 Å². The van der Waals surface area contributed by atoms with Crippen LogP contribution >= 0.6 is 15.9 Å². The zero-order valence-electron chi connectivity index (χ0n) is 12.1. The first-order valence-corrected chi connectivity index (χ1v) is 7.38. The summed E-state index contributed by atoms with van der Waals surface area (Å²) in [5.74, 6) is 0.495. The Morgan fingerprint density at radius 1 is 1.24 bits per heavy atom. The van der Waals surface area contributed by atoms with E-state index in [-0.39, 0.29) is 16.1 Å². The Morgan fingerprint density at radius 2 is 1.90 bits per heavy atom. The second-order valence-corrected chi connectivity index (χ2v) is 5.97. The molecule has 0 aliphatic rings. The third-order valence-electron chi connectivity index (χ3n) is 2.54. The molecule has 120 valence electrons. The first-order valence-electron chi connectivity index (χ1n) is 6.59. The van der Waals surface area contributed by atoms with Gasteiger partial charge in [0.1, 0.15) is 11.5 Å². The highest BCUT2D eigenvalue weighted by Gasteiger charge is 2.32. The lowest BCUT2D eigenvalue weighted by atomic mass is 10.2. The summed E-state index contributed by atoms with van der Waals surface area (Å²) in [6, 6.07) is 4.54. The molecule has 3 nitrogen and oxygen atoms in total. The Morgan fingerprint density at radius 3 is 2.43 bits per heavy atom. The molecule has 21 heavy (non-hydrogen) atoms. The van der Waals surface area contributed by atoms with Gasteiger partial charge in [0, 0.05) is 18.5 Å². The summed E-state index contributed by atoms with van der Waals surface area (Å²) >= 11 is 3.04. The van der Waals surface area contributed by atoms with Crippen LogP contribution in [0.25, 0.3) is 0 Å². The predicted octanol–water partition coefficient (Wildman–Crippen LogP) is 4.36. The monoisotopic (exact) mass is 369 g/mol. The Hall–Kier alpha value is -0.950. The molecule has 1 atom stereocenters. The lowest BCUT2D eigenvalue weighted by Gasteiger charge is -2.16. The Bertz CT molecular complexity index is 452. The summed E-state index contributed by atoms with van der Waals surface area (Å²) in [5.41, 5.74) is 0. The molecule has 7 heteroatoms. The minimum atomic E-state index is -4.71. The number of hydrogen-bond donors (Lipinski definition) is 1. The number of halogens is 4. The molecule has 0 spiro atoms. The molecule has 1 aromatic carbocycles. The maximum Gasteiger partial charge on any atom is 0.573 e. The van der Waals surface area contributed by atoms with Gasteiger partial charge < -0.3 is 14.8 Å². The fraction of sp³-hybridized carbons (Fsp3) is 0.571. The van der Waals surface area contributed by atoms with Crippen LogP contribution in [0.3, 0.4) is 0 Å². The average molecular weight is 370 g/mol. The Kier molecular flexibility index (Phi) is 6.80. The van der Waals surface area contributed by atoms with Gasteiger partial charge in [-0.15, -0.1) is 13.2 Å². The molecular weight excluding hydrogens is 351 g/mol. The van der Waals surface area contributed by atoms with Crippen molar-refractivity contribution in [2.24, 2.45) is 5.92 Å². The molecule has 0 fully saturated rings. The van der Waals surface area contributed by atoms with Crippen molar-refractivity contribution < 1.29 is 22.6 Å². The van der Waals surface area contributed by atoms with Gasteiger partial charge in [-0.05, 0) is 34.1 Å². The maximum atomic E-state index is 12.1. The topological polar surface area (TPSA) is 30.5 Å². The number of rotatable bonds is 7. The van der Waals surface area contributed by atoms with E-state index in [1.807, 2.05) is 6.92 Å². The van der Waals surface area contributed by atoms with E-state index in [0.717, 1.165) is 6.54 Å². The molecule has 1 rings (SSSR count). The molecule has 0 heterocycles. The second-order valence-electron chi connectivity index (χ2n) is 5.12. The quantitative estimate of drug-likeness (QED) is 0.774. The zero-order chi connectivity index (χ0) is 16.0. The van der Waals surface area contributed by atoms with Crippen LogP contribution in [0, 0.1) is 5.92 Å². The molecule has 0 aliphatic heterocycles. The molecule has 0 aromatic heterocycles. The minimum Gasteiger partial charge on any atom is -0.493 e. The summed E-state index contributed by atoms with van der Waals surface area (Å²) in [5, 5.41) is 3.29. The smallest absolute Gasteiger partial charge is 0.493 e. The van der Waals surface area contributed by atoms with Gasteiger partial charge in [0.2, 0.25) is 0 Å². The van der Waals surface area contributed by atoms with Crippen LogP contribution in [0.15, 0.2) is 22.7 Å². The Labute approximate surface area is 130 Å². The first-order chi connectivity index (χ1) is 9.67. The lowest BCUT2D eigenvalue weighted by Crippen LogP contribution is -2.30. The molecular formula is C14H19BrF3NO2. The number of alkyl halides is 3. The van der Waals surface area contributed by atoms with Crippen molar-refractivity contribution in [2.45, 2.75) is 33.2 Å². The van der Waals surface area contributed by atoms with Crippen molar-refractivity contribution in [1.82, 2.24) is 5.32 Å². The second kappa shape index (κ2) is 7.89. The van der Waals surface area contributed by atoms with E-state index < -0.39 is 6.36 Å². The van der Waals surface area contributed by atoms with Gasteiger partial charge in [0.15, 0.2) is 0 Å². The predicted molar refractivity (Wildman–Crippen MR) is 78.6 cm³/mol. The van der Waals surface area contributed by atoms with E-state index in [4.69, 9.17) is 4.74 Å². The lowest BCUT2D eigenvalue weighted by molar-refractivity contribution is -0.274. The minimum absolute atomic E-state index is 0.199. The van der Waals surface area contributed by atoms with Gasteiger partial charge in [0.25, 0.3) is 0 Å². The zero-order valence-corrected chi connectivity index (χ0v) is 13.7. The number of ether oxygens (including phenoxy) is 2. The molecule has 1 aromatic rings.